The van der Waals surface area contributed by atoms with E-state index in [1.54, 1.807) is 0 Å². The molecule has 3 rings (SSSR count). The molecule has 0 spiro atoms. The maximum Gasteiger partial charge on any atom is 0.255 e. The van der Waals surface area contributed by atoms with Gasteiger partial charge in [0.25, 0.3) is 5.91 Å². The van der Waals surface area contributed by atoms with Crippen molar-refractivity contribution in [1.29, 1.82) is 0 Å². The lowest BCUT2D eigenvalue weighted by molar-refractivity contribution is 0.102. The third-order valence-electron chi connectivity index (χ3n) is 3.76. The van der Waals surface area contributed by atoms with Crippen molar-refractivity contribution in [3.8, 4) is 5.69 Å². The Bertz CT molecular complexity index is 897. The minimum Gasteiger partial charge on any atom is -0.321 e. The van der Waals surface area contributed by atoms with Crippen LogP contribution in [0.3, 0.4) is 0 Å². The average Bonchev–Trinajstić information content (AvgIpc) is 2.88. The van der Waals surface area contributed by atoms with E-state index in [0.29, 0.717) is 5.56 Å². The Morgan fingerprint density at radius 1 is 1.04 bits per heavy atom. The molecule has 0 saturated carbocycles. The van der Waals surface area contributed by atoms with Crippen LogP contribution in [0.2, 0.25) is 0 Å². The monoisotopic (exact) mass is 383 g/mol. The van der Waals surface area contributed by atoms with Crippen LogP contribution in [-0.2, 0) is 0 Å². The topological polar surface area (TPSA) is 46.9 Å². The van der Waals surface area contributed by atoms with Crippen LogP contribution in [0.15, 0.2) is 53.0 Å². The van der Waals surface area contributed by atoms with E-state index in [-0.39, 0.29) is 5.91 Å². The molecule has 5 heteroatoms. The molecule has 0 fully saturated rings. The molecule has 2 aromatic carbocycles. The predicted molar refractivity (Wildman–Crippen MR) is 99.9 cm³/mol. The summed E-state index contributed by atoms with van der Waals surface area (Å²) in [4.78, 5) is 12.4. The molecular weight excluding hydrogens is 366 g/mol. The standard InChI is InChI=1S/C19H18BrN3O/c1-12-4-9-18(17(20)10-12)21-19(24)15-5-7-16(8-6-15)23-14(3)11-13(2)22-23/h4-11H,1-3H3,(H,21,24). The first-order valence-corrected chi connectivity index (χ1v) is 8.44. The molecule has 3 aromatic rings. The molecule has 0 radical (unpaired) electrons. The molecule has 0 aliphatic heterocycles. The lowest BCUT2D eigenvalue weighted by atomic mass is 10.1. The van der Waals surface area contributed by atoms with Gasteiger partial charge in [-0.1, -0.05) is 6.07 Å². The van der Waals surface area contributed by atoms with E-state index < -0.39 is 0 Å². The maximum absolute atomic E-state index is 12.4. The van der Waals surface area contributed by atoms with Crippen molar-refractivity contribution in [2.45, 2.75) is 20.8 Å². The number of amides is 1. The van der Waals surface area contributed by atoms with Gasteiger partial charge in [0.2, 0.25) is 0 Å². The quantitative estimate of drug-likeness (QED) is 0.704. The summed E-state index contributed by atoms with van der Waals surface area (Å²) < 4.78 is 2.74. The second kappa shape index (κ2) is 6.61. The molecule has 0 aliphatic carbocycles. The van der Waals surface area contributed by atoms with Gasteiger partial charge in [0.05, 0.1) is 17.1 Å². The zero-order chi connectivity index (χ0) is 17.3. The van der Waals surface area contributed by atoms with E-state index in [1.165, 1.54) is 0 Å². The second-order valence-electron chi connectivity index (χ2n) is 5.82. The highest BCUT2D eigenvalue weighted by Crippen LogP contribution is 2.24. The van der Waals surface area contributed by atoms with Crippen molar-refractivity contribution in [2.24, 2.45) is 0 Å². The van der Waals surface area contributed by atoms with Crippen LogP contribution in [0.1, 0.15) is 27.3 Å². The molecule has 0 saturated heterocycles. The van der Waals surface area contributed by atoms with E-state index in [2.05, 4.69) is 26.3 Å². The number of aromatic nitrogens is 2. The number of hydrogen-bond acceptors (Lipinski definition) is 2. The summed E-state index contributed by atoms with van der Waals surface area (Å²) in [5.41, 5.74) is 5.47. The van der Waals surface area contributed by atoms with E-state index in [1.807, 2.05) is 74.0 Å². The van der Waals surface area contributed by atoms with Gasteiger partial charge in [0.1, 0.15) is 0 Å². The molecule has 0 atom stereocenters. The maximum atomic E-state index is 12.4. The second-order valence-corrected chi connectivity index (χ2v) is 6.68. The van der Waals surface area contributed by atoms with Gasteiger partial charge in [-0.2, -0.15) is 5.10 Å². The summed E-state index contributed by atoms with van der Waals surface area (Å²) in [6, 6.07) is 15.3. The van der Waals surface area contributed by atoms with Crippen molar-refractivity contribution < 1.29 is 4.79 Å². The van der Waals surface area contributed by atoms with E-state index >= 15 is 0 Å². The van der Waals surface area contributed by atoms with E-state index in [9.17, 15) is 4.79 Å². The highest BCUT2D eigenvalue weighted by Gasteiger charge is 2.10. The van der Waals surface area contributed by atoms with Crippen LogP contribution in [0.5, 0.6) is 0 Å². The van der Waals surface area contributed by atoms with Gasteiger partial charge >= 0.3 is 0 Å². The van der Waals surface area contributed by atoms with Crippen LogP contribution in [0.25, 0.3) is 5.69 Å². The number of carbonyl (C=O) groups excluding carboxylic acids is 1. The molecule has 24 heavy (non-hydrogen) atoms. The van der Waals surface area contributed by atoms with Gasteiger partial charge in [0, 0.05) is 15.7 Å². The SMILES string of the molecule is Cc1ccc(NC(=O)c2ccc(-n3nc(C)cc3C)cc2)c(Br)c1. The number of benzene rings is 2. The van der Waals surface area contributed by atoms with Crippen LogP contribution in [0, 0.1) is 20.8 Å². The summed E-state index contributed by atoms with van der Waals surface area (Å²) in [6.07, 6.45) is 0. The number of nitrogens with zero attached hydrogens (tertiary/aromatic N) is 2. The van der Waals surface area contributed by atoms with E-state index in [0.717, 1.165) is 32.8 Å². The van der Waals surface area contributed by atoms with Gasteiger partial charge in [-0.15, -0.1) is 0 Å². The minimum atomic E-state index is -0.139. The molecule has 1 N–H and O–H groups in total. The number of aryl methyl sites for hydroxylation is 3. The fourth-order valence-corrected chi connectivity index (χ4v) is 3.15. The van der Waals surface area contributed by atoms with Crippen molar-refractivity contribution in [2.75, 3.05) is 5.32 Å². The third kappa shape index (κ3) is 3.41. The lowest BCUT2D eigenvalue weighted by Gasteiger charge is -2.09. The summed E-state index contributed by atoms with van der Waals surface area (Å²) in [5.74, 6) is -0.139. The van der Waals surface area contributed by atoms with Crippen molar-refractivity contribution in [1.82, 2.24) is 9.78 Å². The summed E-state index contributed by atoms with van der Waals surface area (Å²) >= 11 is 3.47. The summed E-state index contributed by atoms with van der Waals surface area (Å²) in [7, 11) is 0. The number of rotatable bonds is 3. The van der Waals surface area contributed by atoms with Crippen molar-refractivity contribution in [3.63, 3.8) is 0 Å². The molecule has 122 valence electrons. The zero-order valence-corrected chi connectivity index (χ0v) is 15.4. The van der Waals surface area contributed by atoms with Crippen LogP contribution < -0.4 is 5.32 Å². The largest absolute Gasteiger partial charge is 0.321 e. The first kappa shape index (κ1) is 16.5. The van der Waals surface area contributed by atoms with Crippen molar-refractivity contribution in [3.05, 3.63) is 75.5 Å². The first-order valence-electron chi connectivity index (χ1n) is 7.65. The van der Waals surface area contributed by atoms with Crippen LogP contribution >= 0.6 is 15.9 Å². The molecule has 1 heterocycles. The average molecular weight is 384 g/mol. The number of halogens is 1. The van der Waals surface area contributed by atoms with Crippen molar-refractivity contribution >= 4 is 27.5 Å². The van der Waals surface area contributed by atoms with Crippen LogP contribution in [-0.4, -0.2) is 15.7 Å². The first-order chi connectivity index (χ1) is 11.4. The van der Waals surface area contributed by atoms with Gasteiger partial charge < -0.3 is 5.32 Å². The molecule has 1 aromatic heterocycles. The summed E-state index contributed by atoms with van der Waals surface area (Å²) in [6.45, 7) is 5.98. The molecule has 4 nitrogen and oxygen atoms in total. The highest BCUT2D eigenvalue weighted by molar-refractivity contribution is 9.10. The predicted octanol–water partition coefficient (Wildman–Crippen LogP) is 4.81. The van der Waals surface area contributed by atoms with Crippen LogP contribution in [0.4, 0.5) is 5.69 Å². The molecule has 0 bridgehead atoms. The number of hydrogen-bond donors (Lipinski definition) is 1. The number of anilines is 1. The Hall–Kier alpha value is -2.40. The smallest absolute Gasteiger partial charge is 0.255 e. The highest BCUT2D eigenvalue weighted by atomic mass is 79.9. The number of nitrogens with one attached hydrogen (secondary N) is 1. The number of carbonyl (C=O) groups is 1. The minimum absolute atomic E-state index is 0.139. The molecule has 1 amide bonds. The normalized spacial score (nSPS) is 10.7. The molecule has 0 unspecified atom stereocenters. The fraction of sp³-hybridized carbons (Fsp3) is 0.158. The fourth-order valence-electron chi connectivity index (χ4n) is 2.56. The summed E-state index contributed by atoms with van der Waals surface area (Å²) in [5, 5.41) is 7.37. The molecule has 0 aliphatic rings. The van der Waals surface area contributed by atoms with Gasteiger partial charge in [-0.25, -0.2) is 4.68 Å². The Balaban J connectivity index is 1.80. The third-order valence-corrected chi connectivity index (χ3v) is 4.41. The molecular formula is C19H18BrN3O. The van der Waals surface area contributed by atoms with Gasteiger partial charge in [-0.05, 0) is 84.7 Å². The Kier molecular flexibility index (Phi) is 4.53. The zero-order valence-electron chi connectivity index (χ0n) is 13.8. The Morgan fingerprint density at radius 3 is 2.33 bits per heavy atom. The Labute approximate surface area is 149 Å². The Morgan fingerprint density at radius 2 is 1.75 bits per heavy atom. The lowest BCUT2D eigenvalue weighted by Crippen LogP contribution is -2.12. The van der Waals surface area contributed by atoms with Gasteiger partial charge in [-0.3, -0.25) is 4.79 Å². The van der Waals surface area contributed by atoms with Gasteiger partial charge in [0.15, 0.2) is 0 Å². The van der Waals surface area contributed by atoms with E-state index in [4.69, 9.17) is 0 Å².